The molecule has 1 heterocycles. The summed E-state index contributed by atoms with van der Waals surface area (Å²) in [5.74, 6) is -0.204. The molecule has 11 heteroatoms. The van der Waals surface area contributed by atoms with Crippen LogP contribution in [0.5, 0.6) is 0 Å². The van der Waals surface area contributed by atoms with Crippen molar-refractivity contribution in [3.05, 3.63) is 99.3 Å². The molecule has 0 aliphatic rings. The van der Waals surface area contributed by atoms with Gasteiger partial charge < -0.3 is 14.8 Å². The van der Waals surface area contributed by atoms with Crippen molar-refractivity contribution in [2.45, 2.75) is 43.8 Å². The summed E-state index contributed by atoms with van der Waals surface area (Å²) in [4.78, 5) is 13.2. The highest BCUT2D eigenvalue weighted by atomic mass is 35.5. The van der Waals surface area contributed by atoms with Crippen LogP contribution in [0.15, 0.2) is 70.0 Å². The maximum Gasteiger partial charge on any atom is 0.416 e. The van der Waals surface area contributed by atoms with E-state index in [4.69, 9.17) is 16.0 Å². The molecule has 4 aromatic rings. The van der Waals surface area contributed by atoms with E-state index in [1.165, 1.54) is 42.5 Å². The summed E-state index contributed by atoms with van der Waals surface area (Å²) in [6.45, 7) is 2.98. The molecule has 0 unspecified atom stereocenters. The van der Waals surface area contributed by atoms with Crippen molar-refractivity contribution in [3.63, 3.8) is 0 Å². The topological polar surface area (TPSA) is 96.6 Å². The van der Waals surface area contributed by atoms with E-state index in [1.54, 1.807) is 19.1 Å². The van der Waals surface area contributed by atoms with E-state index in [0.717, 1.165) is 11.6 Å². The quantitative estimate of drug-likeness (QED) is 0.230. The molecule has 0 spiro atoms. The van der Waals surface area contributed by atoms with Crippen LogP contribution in [-0.4, -0.2) is 31.8 Å². The van der Waals surface area contributed by atoms with Crippen LogP contribution in [0.25, 0.3) is 11.0 Å². The third-order valence-corrected chi connectivity index (χ3v) is 8.72. The number of aryl methyl sites for hydroxylation is 1. The molecule has 3 aromatic carbocycles. The van der Waals surface area contributed by atoms with Gasteiger partial charge >= 0.3 is 6.18 Å². The lowest BCUT2D eigenvalue weighted by molar-refractivity contribution is -0.138. The van der Waals surface area contributed by atoms with Crippen LogP contribution in [-0.2, 0) is 28.9 Å². The number of halogens is 4. The molecular weight excluding hydrogens is 567 g/mol. The molecule has 1 amide bonds. The highest BCUT2D eigenvalue weighted by molar-refractivity contribution is 7.91. The van der Waals surface area contributed by atoms with Crippen molar-refractivity contribution in [2.24, 2.45) is 0 Å². The zero-order valence-electron chi connectivity index (χ0n) is 21.7. The van der Waals surface area contributed by atoms with Crippen LogP contribution >= 0.6 is 11.6 Å². The lowest BCUT2D eigenvalue weighted by Crippen LogP contribution is -2.30. The Morgan fingerprint density at radius 3 is 2.35 bits per heavy atom. The summed E-state index contributed by atoms with van der Waals surface area (Å²) < 4.78 is 71.0. The van der Waals surface area contributed by atoms with Gasteiger partial charge in [0.05, 0.1) is 28.9 Å². The molecule has 4 rings (SSSR count). The highest BCUT2D eigenvalue weighted by Crippen LogP contribution is 2.36. The number of benzene rings is 3. The molecule has 1 atom stereocenters. The Hall–Kier alpha value is -3.34. The van der Waals surface area contributed by atoms with Crippen molar-refractivity contribution >= 4 is 38.3 Å². The van der Waals surface area contributed by atoms with Crippen LogP contribution in [0.3, 0.4) is 0 Å². The molecule has 1 aromatic heterocycles. The van der Waals surface area contributed by atoms with Crippen LogP contribution < -0.4 is 5.32 Å². The Morgan fingerprint density at radius 1 is 1.05 bits per heavy atom. The molecule has 0 aliphatic carbocycles. The number of carbonyl (C=O) groups excluding carboxylic acids is 1. The van der Waals surface area contributed by atoms with Crippen LogP contribution in [0.2, 0.25) is 5.02 Å². The predicted octanol–water partition coefficient (Wildman–Crippen LogP) is 6.52. The van der Waals surface area contributed by atoms with E-state index in [1.807, 2.05) is 6.92 Å². The summed E-state index contributed by atoms with van der Waals surface area (Å²) in [6, 6.07) is 13.5. The first-order valence-corrected chi connectivity index (χ1v) is 14.5. The lowest BCUT2D eigenvalue weighted by Gasteiger charge is -2.17. The van der Waals surface area contributed by atoms with Gasteiger partial charge in [-0.25, -0.2) is 8.42 Å². The average molecular weight is 594 g/mol. The van der Waals surface area contributed by atoms with Gasteiger partial charge in [0.2, 0.25) is 0 Å². The van der Waals surface area contributed by atoms with Gasteiger partial charge in [-0.2, -0.15) is 13.2 Å². The lowest BCUT2D eigenvalue weighted by atomic mass is 9.99. The van der Waals surface area contributed by atoms with E-state index in [-0.39, 0.29) is 33.2 Å². The Balaban J connectivity index is 1.60. The molecule has 0 saturated heterocycles. The van der Waals surface area contributed by atoms with Gasteiger partial charge in [-0.3, -0.25) is 4.79 Å². The minimum Gasteiger partial charge on any atom is -0.460 e. The Labute approximate surface area is 234 Å². The van der Waals surface area contributed by atoms with Gasteiger partial charge in [0.1, 0.15) is 11.3 Å². The number of amides is 1. The second-order valence-electron chi connectivity index (χ2n) is 9.23. The fraction of sp³-hybridized carbons (Fsp3) is 0.276. The number of hydrogen-bond donors (Lipinski definition) is 2. The number of aliphatic hydroxyl groups is 1. The highest BCUT2D eigenvalue weighted by Gasteiger charge is 2.34. The van der Waals surface area contributed by atoms with Crippen LogP contribution in [0, 0.1) is 0 Å². The third-order valence-electron chi connectivity index (χ3n) is 6.73. The first kappa shape index (κ1) is 29.6. The van der Waals surface area contributed by atoms with E-state index in [0.29, 0.717) is 28.7 Å². The van der Waals surface area contributed by atoms with Crippen molar-refractivity contribution in [2.75, 3.05) is 12.4 Å². The zero-order chi connectivity index (χ0) is 29.2. The van der Waals surface area contributed by atoms with Gasteiger partial charge in [0, 0.05) is 28.0 Å². The summed E-state index contributed by atoms with van der Waals surface area (Å²) >= 11 is 5.81. The van der Waals surface area contributed by atoms with Crippen molar-refractivity contribution < 1.29 is 35.9 Å². The maximum absolute atomic E-state index is 13.6. The molecule has 40 heavy (non-hydrogen) atoms. The molecular formula is C29H27ClF3NO5S. The number of rotatable bonds is 9. The number of sulfone groups is 1. The van der Waals surface area contributed by atoms with E-state index >= 15 is 0 Å². The fourth-order valence-electron chi connectivity index (χ4n) is 4.56. The number of carbonyl (C=O) groups is 1. The third kappa shape index (κ3) is 6.19. The number of alkyl halides is 3. The first-order valence-electron chi connectivity index (χ1n) is 12.5. The van der Waals surface area contributed by atoms with Gasteiger partial charge in [0.25, 0.3) is 5.91 Å². The minimum atomic E-state index is -4.59. The standard InChI is InChI=1S/C29H27ClF3NO5S/c1-3-22-23-12-8-19(28(36)34-25(16-35)17-6-10-21(11-7-17)40(37,38)4-2)14-27(23)39-26(22)13-18-5-9-20(30)15-24(18)29(31,32)33/h5-12,14-15,25,35H,3-4,13,16H2,1-2H3,(H,34,36)/t25-/m1/s1. The minimum absolute atomic E-state index is 0.0184. The van der Waals surface area contributed by atoms with Gasteiger partial charge in [-0.15, -0.1) is 0 Å². The Morgan fingerprint density at radius 2 is 1.75 bits per heavy atom. The molecule has 0 bridgehead atoms. The largest absolute Gasteiger partial charge is 0.460 e. The second kappa shape index (κ2) is 11.6. The Kier molecular flexibility index (Phi) is 8.63. The van der Waals surface area contributed by atoms with Gasteiger partial charge in [-0.05, 0) is 53.9 Å². The summed E-state index contributed by atoms with van der Waals surface area (Å²) in [6.07, 6.45) is -4.20. The number of fused-ring (bicyclic) bond motifs is 1. The molecule has 0 fully saturated rings. The molecule has 0 saturated carbocycles. The molecule has 6 nitrogen and oxygen atoms in total. The maximum atomic E-state index is 13.6. The number of nitrogens with one attached hydrogen (secondary N) is 1. The second-order valence-corrected chi connectivity index (χ2v) is 11.9. The molecule has 2 N–H and O–H groups in total. The van der Waals surface area contributed by atoms with Gasteiger partial charge in [-0.1, -0.05) is 49.7 Å². The SMILES string of the molecule is CCc1c(Cc2ccc(Cl)cc2C(F)(F)F)oc2cc(C(=O)N[C@H](CO)c3ccc(S(=O)(=O)CC)cc3)ccc12. The first-order chi connectivity index (χ1) is 18.9. The summed E-state index contributed by atoms with van der Waals surface area (Å²) in [5.41, 5.74) is 1.01. The Bertz CT molecular complexity index is 1650. The number of furan rings is 1. The normalized spacial score (nSPS) is 13.0. The average Bonchev–Trinajstić information content (AvgIpc) is 3.28. The molecule has 212 valence electrons. The van der Waals surface area contributed by atoms with E-state index in [9.17, 15) is 31.5 Å². The van der Waals surface area contributed by atoms with Crippen LogP contribution in [0.1, 0.15) is 58.3 Å². The van der Waals surface area contributed by atoms with Gasteiger partial charge in [0.15, 0.2) is 9.84 Å². The van der Waals surface area contributed by atoms with Crippen LogP contribution in [0.4, 0.5) is 13.2 Å². The summed E-state index contributed by atoms with van der Waals surface area (Å²) in [5, 5.41) is 13.3. The number of hydrogen-bond acceptors (Lipinski definition) is 5. The monoisotopic (exact) mass is 593 g/mol. The van der Waals surface area contributed by atoms with Crippen molar-refractivity contribution in [1.29, 1.82) is 0 Å². The smallest absolute Gasteiger partial charge is 0.416 e. The fourth-order valence-corrected chi connectivity index (χ4v) is 5.62. The van der Waals surface area contributed by atoms with E-state index < -0.39 is 40.1 Å². The predicted molar refractivity (Wildman–Crippen MR) is 146 cm³/mol. The molecule has 0 aliphatic heterocycles. The van der Waals surface area contributed by atoms with E-state index in [2.05, 4.69) is 5.32 Å². The summed E-state index contributed by atoms with van der Waals surface area (Å²) in [7, 11) is -3.39. The van der Waals surface area contributed by atoms with Crippen molar-refractivity contribution in [3.8, 4) is 0 Å². The zero-order valence-corrected chi connectivity index (χ0v) is 23.3. The van der Waals surface area contributed by atoms with Crippen molar-refractivity contribution in [1.82, 2.24) is 5.32 Å². The number of aliphatic hydroxyl groups excluding tert-OH is 1. The molecule has 0 radical (unpaired) electrons.